The first-order valence-corrected chi connectivity index (χ1v) is 12.2. The number of halogens is 2. The normalized spacial score (nSPS) is 15.3. The van der Waals surface area contributed by atoms with Crippen LogP contribution in [0.4, 0.5) is 10.5 Å². The second-order valence-corrected chi connectivity index (χ2v) is 9.79. The molecule has 1 aliphatic heterocycles. The van der Waals surface area contributed by atoms with E-state index >= 15 is 0 Å². The van der Waals surface area contributed by atoms with E-state index in [1.54, 1.807) is 25.1 Å². The number of hydrogen-bond donors (Lipinski definition) is 1. The second-order valence-electron chi connectivity index (χ2n) is 7.40. The molecule has 178 valence electrons. The van der Waals surface area contributed by atoms with Crippen molar-refractivity contribution in [3.8, 4) is 5.75 Å². The van der Waals surface area contributed by atoms with Gasteiger partial charge in [-0.3, -0.25) is 14.9 Å². The summed E-state index contributed by atoms with van der Waals surface area (Å²) in [6.45, 7) is 1.65. The molecule has 0 aromatic heterocycles. The summed E-state index contributed by atoms with van der Waals surface area (Å²) in [4.78, 5) is 38.6. The van der Waals surface area contributed by atoms with Crippen LogP contribution < -0.4 is 14.4 Å². The summed E-state index contributed by atoms with van der Waals surface area (Å²) in [5.41, 5.74) is 0.854. The molecule has 8 nitrogen and oxygen atoms in total. The van der Waals surface area contributed by atoms with Crippen LogP contribution in [-0.4, -0.2) is 26.3 Å². The Morgan fingerprint density at radius 2 is 1.57 bits per heavy atom. The van der Waals surface area contributed by atoms with Crippen molar-refractivity contribution in [1.29, 1.82) is 0 Å². The average Bonchev–Trinajstić information content (AvgIpc) is 2.80. The molecular formula is C24H16Cl2N2O6S. The molecule has 11 heteroatoms. The van der Waals surface area contributed by atoms with Gasteiger partial charge in [0.05, 0.1) is 5.69 Å². The third-order valence-electron chi connectivity index (χ3n) is 5.08. The maximum atomic E-state index is 13.1. The number of hydrogen-bond acceptors (Lipinski definition) is 6. The number of carbonyl (C=O) groups is 3. The van der Waals surface area contributed by atoms with E-state index in [9.17, 15) is 22.8 Å². The highest BCUT2D eigenvalue weighted by molar-refractivity contribution is 7.87. The first-order chi connectivity index (χ1) is 16.6. The third-order valence-corrected chi connectivity index (χ3v) is 7.00. The highest BCUT2D eigenvalue weighted by Gasteiger charge is 2.37. The van der Waals surface area contributed by atoms with Crippen molar-refractivity contribution in [1.82, 2.24) is 5.32 Å². The number of barbiturate groups is 1. The summed E-state index contributed by atoms with van der Waals surface area (Å²) in [7, 11) is -4.09. The number of anilines is 1. The van der Waals surface area contributed by atoms with Gasteiger partial charge in [0.25, 0.3) is 11.8 Å². The Morgan fingerprint density at radius 3 is 2.23 bits per heavy atom. The molecule has 0 saturated carbocycles. The van der Waals surface area contributed by atoms with Crippen LogP contribution in [0.3, 0.4) is 0 Å². The fourth-order valence-electron chi connectivity index (χ4n) is 3.28. The molecule has 1 N–H and O–H groups in total. The van der Waals surface area contributed by atoms with E-state index in [1.807, 2.05) is 0 Å². The Balaban J connectivity index is 1.59. The van der Waals surface area contributed by atoms with E-state index < -0.39 is 28.0 Å². The Hall–Kier alpha value is -3.66. The predicted octanol–water partition coefficient (Wildman–Crippen LogP) is 4.74. The van der Waals surface area contributed by atoms with Crippen LogP contribution in [0.1, 0.15) is 11.1 Å². The van der Waals surface area contributed by atoms with E-state index in [-0.39, 0.29) is 21.9 Å². The number of amides is 4. The van der Waals surface area contributed by atoms with Gasteiger partial charge in [-0.1, -0.05) is 41.4 Å². The average molecular weight is 531 g/mol. The second kappa shape index (κ2) is 9.53. The zero-order valence-corrected chi connectivity index (χ0v) is 20.3. The molecule has 0 aliphatic carbocycles. The summed E-state index contributed by atoms with van der Waals surface area (Å²) in [5.74, 6) is -1.66. The van der Waals surface area contributed by atoms with Crippen LogP contribution in [0, 0.1) is 6.92 Å². The van der Waals surface area contributed by atoms with Crippen molar-refractivity contribution in [3.63, 3.8) is 0 Å². The lowest BCUT2D eigenvalue weighted by atomic mass is 10.1. The monoisotopic (exact) mass is 530 g/mol. The summed E-state index contributed by atoms with van der Waals surface area (Å²) < 4.78 is 30.0. The Labute approximate surface area is 210 Å². The van der Waals surface area contributed by atoms with Crippen molar-refractivity contribution < 1.29 is 27.0 Å². The lowest BCUT2D eigenvalue weighted by Crippen LogP contribution is -2.54. The Morgan fingerprint density at radius 1 is 0.914 bits per heavy atom. The van der Waals surface area contributed by atoms with Gasteiger partial charge < -0.3 is 4.18 Å². The van der Waals surface area contributed by atoms with Crippen molar-refractivity contribution >= 4 is 62.9 Å². The number of nitrogens with one attached hydrogen (secondary N) is 1. The first-order valence-electron chi connectivity index (χ1n) is 10.0. The summed E-state index contributed by atoms with van der Waals surface area (Å²) in [6.07, 6.45) is 1.29. The third kappa shape index (κ3) is 5.07. The van der Waals surface area contributed by atoms with E-state index in [0.29, 0.717) is 21.2 Å². The summed E-state index contributed by atoms with van der Waals surface area (Å²) >= 11 is 11.9. The first kappa shape index (κ1) is 24.5. The van der Waals surface area contributed by atoms with Gasteiger partial charge in [0.1, 0.15) is 16.2 Å². The maximum Gasteiger partial charge on any atom is 0.339 e. The van der Waals surface area contributed by atoms with E-state index in [0.717, 1.165) is 4.90 Å². The molecule has 0 spiro atoms. The van der Waals surface area contributed by atoms with Gasteiger partial charge in [-0.2, -0.15) is 8.42 Å². The van der Waals surface area contributed by atoms with Crippen molar-refractivity contribution in [2.45, 2.75) is 11.8 Å². The van der Waals surface area contributed by atoms with Gasteiger partial charge in [0.15, 0.2) is 0 Å². The van der Waals surface area contributed by atoms with Crippen LogP contribution in [0.5, 0.6) is 5.75 Å². The minimum Gasteiger partial charge on any atom is -0.379 e. The highest BCUT2D eigenvalue weighted by atomic mass is 35.5. The molecule has 0 unspecified atom stereocenters. The lowest BCUT2D eigenvalue weighted by Gasteiger charge is -2.27. The molecule has 4 rings (SSSR count). The maximum absolute atomic E-state index is 13.1. The fourth-order valence-corrected chi connectivity index (χ4v) is 4.50. The molecule has 0 bridgehead atoms. The van der Waals surface area contributed by atoms with Gasteiger partial charge in [0, 0.05) is 10.0 Å². The van der Waals surface area contributed by atoms with Crippen LogP contribution in [0.15, 0.2) is 77.2 Å². The predicted molar refractivity (Wildman–Crippen MR) is 131 cm³/mol. The highest BCUT2D eigenvalue weighted by Crippen LogP contribution is 2.30. The molecule has 4 amide bonds. The van der Waals surface area contributed by atoms with Crippen molar-refractivity contribution in [2.75, 3.05) is 4.90 Å². The molecule has 1 heterocycles. The minimum absolute atomic E-state index is 0.0212. The van der Waals surface area contributed by atoms with Gasteiger partial charge >= 0.3 is 16.1 Å². The SMILES string of the molecule is Cc1c(Cl)cccc1N1C(=O)NC(=O)/C(=C\c2ccc(OS(=O)(=O)c3ccc(Cl)cc3)cc2)C1=O. The summed E-state index contributed by atoms with van der Waals surface area (Å²) in [6, 6.07) is 15.0. The van der Waals surface area contributed by atoms with Crippen LogP contribution in [-0.2, 0) is 19.7 Å². The van der Waals surface area contributed by atoms with Crippen LogP contribution >= 0.6 is 23.2 Å². The van der Waals surface area contributed by atoms with E-state index in [2.05, 4.69) is 5.32 Å². The molecule has 0 radical (unpaired) electrons. The quantitative estimate of drug-likeness (QED) is 0.290. The number of imide groups is 2. The topological polar surface area (TPSA) is 110 Å². The molecule has 1 saturated heterocycles. The minimum atomic E-state index is -4.09. The molecular weight excluding hydrogens is 515 g/mol. The molecule has 3 aromatic rings. The van der Waals surface area contributed by atoms with Crippen LogP contribution in [0.2, 0.25) is 10.0 Å². The smallest absolute Gasteiger partial charge is 0.339 e. The van der Waals surface area contributed by atoms with Gasteiger partial charge in [-0.05, 0) is 72.7 Å². The number of urea groups is 1. The fraction of sp³-hybridized carbons (Fsp3) is 0.0417. The number of nitrogens with zero attached hydrogens (tertiary/aromatic N) is 1. The molecule has 0 atom stereocenters. The number of benzene rings is 3. The largest absolute Gasteiger partial charge is 0.379 e. The Kier molecular flexibility index (Phi) is 6.66. The zero-order valence-electron chi connectivity index (χ0n) is 18.0. The standard InChI is InChI=1S/C24H16Cl2N2O6S/c1-14-20(26)3-2-4-21(14)28-23(30)19(22(29)27-24(28)31)13-15-5-9-17(10-6-15)34-35(32,33)18-11-7-16(25)8-12-18/h2-13H,1H3,(H,27,29,31)/b19-13+. The molecule has 3 aromatic carbocycles. The van der Waals surface area contributed by atoms with E-state index in [1.165, 1.54) is 54.6 Å². The molecule has 35 heavy (non-hydrogen) atoms. The van der Waals surface area contributed by atoms with Gasteiger partial charge in [-0.15, -0.1) is 0 Å². The molecule has 1 aliphatic rings. The Bertz CT molecular complexity index is 1480. The molecule has 1 fully saturated rings. The number of rotatable bonds is 5. The lowest BCUT2D eigenvalue weighted by molar-refractivity contribution is -0.122. The van der Waals surface area contributed by atoms with Crippen molar-refractivity contribution in [3.05, 3.63) is 93.5 Å². The van der Waals surface area contributed by atoms with Crippen molar-refractivity contribution in [2.24, 2.45) is 0 Å². The summed E-state index contributed by atoms with van der Waals surface area (Å²) in [5, 5.41) is 2.88. The van der Waals surface area contributed by atoms with Gasteiger partial charge in [0.2, 0.25) is 0 Å². The van der Waals surface area contributed by atoms with Gasteiger partial charge in [-0.25, -0.2) is 9.69 Å². The zero-order chi connectivity index (χ0) is 25.3. The number of carbonyl (C=O) groups excluding carboxylic acids is 3. The van der Waals surface area contributed by atoms with E-state index in [4.69, 9.17) is 27.4 Å². The van der Waals surface area contributed by atoms with Crippen LogP contribution in [0.25, 0.3) is 6.08 Å².